The number of rotatable bonds is 3. The fourth-order valence-electron chi connectivity index (χ4n) is 1.66. The van der Waals surface area contributed by atoms with Gasteiger partial charge in [0, 0.05) is 10.0 Å². The lowest BCUT2D eigenvalue weighted by molar-refractivity contribution is 0.920. The van der Waals surface area contributed by atoms with Crippen LogP contribution in [0.1, 0.15) is 16.5 Å². The van der Waals surface area contributed by atoms with Gasteiger partial charge >= 0.3 is 0 Å². The molecule has 0 heterocycles. The fraction of sp³-hybridized carbons (Fsp3) is 0.143. The first kappa shape index (κ1) is 12.8. The van der Waals surface area contributed by atoms with E-state index in [9.17, 15) is 0 Å². The van der Waals surface area contributed by atoms with E-state index < -0.39 is 0 Å². The standard InChI is InChI=1S/C14H11Cl3/c15-12-7-6-11(14(17)9-12)8-13(16)10-4-2-1-3-5-10/h1-7,9,13H,8H2. The van der Waals surface area contributed by atoms with E-state index in [1.54, 1.807) is 6.07 Å². The van der Waals surface area contributed by atoms with E-state index in [1.807, 2.05) is 42.5 Å². The molecule has 0 N–H and O–H groups in total. The summed E-state index contributed by atoms with van der Waals surface area (Å²) >= 11 is 18.3. The molecule has 0 nitrogen and oxygen atoms in total. The van der Waals surface area contributed by atoms with Crippen LogP contribution in [0.5, 0.6) is 0 Å². The third-order valence-electron chi connectivity index (χ3n) is 2.58. The van der Waals surface area contributed by atoms with Crippen molar-refractivity contribution in [3.63, 3.8) is 0 Å². The Hall–Kier alpha value is -0.690. The lowest BCUT2D eigenvalue weighted by Crippen LogP contribution is -1.96. The minimum absolute atomic E-state index is 0.0742. The van der Waals surface area contributed by atoms with Crippen molar-refractivity contribution >= 4 is 34.8 Å². The fourth-order valence-corrected chi connectivity index (χ4v) is 2.46. The molecule has 2 aromatic rings. The maximum atomic E-state index is 6.36. The molecule has 0 bridgehead atoms. The zero-order chi connectivity index (χ0) is 12.3. The normalized spacial score (nSPS) is 12.4. The average Bonchev–Trinajstić information content (AvgIpc) is 2.34. The highest BCUT2D eigenvalue weighted by atomic mass is 35.5. The summed E-state index contributed by atoms with van der Waals surface area (Å²) in [4.78, 5) is 0. The third-order valence-corrected chi connectivity index (χ3v) is 3.57. The van der Waals surface area contributed by atoms with Crippen molar-refractivity contribution in [2.75, 3.05) is 0 Å². The maximum Gasteiger partial charge on any atom is 0.0626 e. The number of hydrogen-bond donors (Lipinski definition) is 0. The van der Waals surface area contributed by atoms with Crippen LogP contribution in [0.4, 0.5) is 0 Å². The van der Waals surface area contributed by atoms with Crippen LogP contribution in [0.3, 0.4) is 0 Å². The molecule has 0 amide bonds. The quantitative estimate of drug-likeness (QED) is 0.652. The highest BCUT2D eigenvalue weighted by Crippen LogP contribution is 2.29. The van der Waals surface area contributed by atoms with Gasteiger partial charge in [0.2, 0.25) is 0 Å². The highest BCUT2D eigenvalue weighted by molar-refractivity contribution is 6.35. The largest absolute Gasteiger partial charge is 0.117 e. The van der Waals surface area contributed by atoms with Crippen LogP contribution in [0, 0.1) is 0 Å². The first-order valence-corrected chi connectivity index (χ1v) is 6.49. The lowest BCUT2D eigenvalue weighted by atomic mass is 10.0. The molecule has 0 aliphatic rings. The van der Waals surface area contributed by atoms with Crippen LogP contribution >= 0.6 is 34.8 Å². The molecule has 0 aliphatic heterocycles. The maximum absolute atomic E-state index is 6.36. The zero-order valence-electron chi connectivity index (χ0n) is 9.04. The van der Waals surface area contributed by atoms with Crippen LogP contribution in [0.25, 0.3) is 0 Å². The Morgan fingerprint density at radius 3 is 2.29 bits per heavy atom. The van der Waals surface area contributed by atoms with E-state index >= 15 is 0 Å². The second kappa shape index (κ2) is 5.77. The van der Waals surface area contributed by atoms with E-state index in [-0.39, 0.29) is 5.38 Å². The van der Waals surface area contributed by atoms with E-state index in [0.717, 1.165) is 11.1 Å². The Kier molecular flexibility index (Phi) is 4.33. The Morgan fingerprint density at radius 2 is 1.65 bits per heavy atom. The molecule has 1 unspecified atom stereocenters. The van der Waals surface area contributed by atoms with Crippen molar-refractivity contribution in [1.82, 2.24) is 0 Å². The first-order chi connectivity index (χ1) is 8.16. The number of halogens is 3. The van der Waals surface area contributed by atoms with E-state index in [1.165, 1.54) is 0 Å². The lowest BCUT2D eigenvalue weighted by Gasteiger charge is -2.11. The van der Waals surface area contributed by atoms with Crippen molar-refractivity contribution in [1.29, 1.82) is 0 Å². The predicted molar refractivity (Wildman–Crippen MR) is 75.2 cm³/mol. The van der Waals surface area contributed by atoms with Crippen molar-refractivity contribution in [3.8, 4) is 0 Å². The molecule has 2 aromatic carbocycles. The van der Waals surface area contributed by atoms with Crippen molar-refractivity contribution in [2.24, 2.45) is 0 Å². The average molecular weight is 286 g/mol. The summed E-state index contributed by atoms with van der Waals surface area (Å²) in [6, 6.07) is 15.5. The van der Waals surface area contributed by atoms with Crippen molar-refractivity contribution < 1.29 is 0 Å². The Balaban J connectivity index is 2.16. The summed E-state index contributed by atoms with van der Waals surface area (Å²) in [5.74, 6) is 0. The molecule has 3 heteroatoms. The monoisotopic (exact) mass is 284 g/mol. The summed E-state index contributed by atoms with van der Waals surface area (Å²) < 4.78 is 0. The molecule has 0 saturated carbocycles. The smallest absolute Gasteiger partial charge is 0.0626 e. The van der Waals surface area contributed by atoms with E-state index in [2.05, 4.69) is 0 Å². The second-order valence-corrected chi connectivity index (χ2v) is 5.19. The van der Waals surface area contributed by atoms with Crippen LogP contribution in [0.15, 0.2) is 48.5 Å². The van der Waals surface area contributed by atoms with Gasteiger partial charge in [-0.3, -0.25) is 0 Å². The molecule has 0 aliphatic carbocycles. The molecule has 0 spiro atoms. The summed E-state index contributed by atoms with van der Waals surface area (Å²) in [5.41, 5.74) is 2.11. The number of hydrogen-bond acceptors (Lipinski definition) is 0. The zero-order valence-corrected chi connectivity index (χ0v) is 11.3. The summed E-state index contributed by atoms with van der Waals surface area (Å²) in [5, 5.41) is 1.23. The Labute approximate surface area is 116 Å². The Morgan fingerprint density at radius 1 is 0.941 bits per heavy atom. The first-order valence-electron chi connectivity index (χ1n) is 5.30. The molecule has 1 atom stereocenters. The number of alkyl halides is 1. The third kappa shape index (κ3) is 3.38. The van der Waals surface area contributed by atoms with Gasteiger partial charge in [-0.15, -0.1) is 11.6 Å². The molecule has 17 heavy (non-hydrogen) atoms. The number of benzene rings is 2. The topological polar surface area (TPSA) is 0 Å². The molecule has 0 fully saturated rings. The Bertz CT molecular complexity index is 494. The second-order valence-electron chi connectivity index (χ2n) is 3.82. The van der Waals surface area contributed by atoms with Gasteiger partial charge in [0.05, 0.1) is 5.38 Å². The van der Waals surface area contributed by atoms with E-state index in [0.29, 0.717) is 16.5 Å². The van der Waals surface area contributed by atoms with Gasteiger partial charge in [-0.2, -0.15) is 0 Å². The van der Waals surface area contributed by atoms with Crippen molar-refractivity contribution in [2.45, 2.75) is 11.8 Å². The molecule has 88 valence electrons. The van der Waals surface area contributed by atoms with E-state index in [4.69, 9.17) is 34.8 Å². The van der Waals surface area contributed by atoms with Gasteiger partial charge < -0.3 is 0 Å². The molecule has 0 aromatic heterocycles. The van der Waals surface area contributed by atoms with Gasteiger partial charge in [0.1, 0.15) is 0 Å². The van der Waals surface area contributed by atoms with Gasteiger partial charge in [-0.1, -0.05) is 59.6 Å². The van der Waals surface area contributed by atoms with Gasteiger partial charge in [-0.25, -0.2) is 0 Å². The minimum Gasteiger partial charge on any atom is -0.117 e. The highest BCUT2D eigenvalue weighted by Gasteiger charge is 2.10. The van der Waals surface area contributed by atoms with Gasteiger partial charge in [0.25, 0.3) is 0 Å². The summed E-state index contributed by atoms with van der Waals surface area (Å²) in [6.45, 7) is 0. The summed E-state index contributed by atoms with van der Waals surface area (Å²) in [7, 11) is 0. The van der Waals surface area contributed by atoms with Gasteiger partial charge in [-0.05, 0) is 29.7 Å². The van der Waals surface area contributed by atoms with Crippen LogP contribution < -0.4 is 0 Å². The van der Waals surface area contributed by atoms with Crippen molar-refractivity contribution in [3.05, 3.63) is 69.7 Å². The molecular weight excluding hydrogens is 275 g/mol. The minimum atomic E-state index is -0.0742. The van der Waals surface area contributed by atoms with Gasteiger partial charge in [0.15, 0.2) is 0 Å². The van der Waals surface area contributed by atoms with Crippen LogP contribution in [-0.2, 0) is 6.42 Å². The molecule has 2 rings (SSSR count). The molecular formula is C14H11Cl3. The summed E-state index contributed by atoms with van der Waals surface area (Å²) in [6.07, 6.45) is 0.696. The van der Waals surface area contributed by atoms with Crippen LogP contribution in [0.2, 0.25) is 10.0 Å². The van der Waals surface area contributed by atoms with Crippen LogP contribution in [-0.4, -0.2) is 0 Å². The molecule has 0 radical (unpaired) electrons. The predicted octanol–water partition coefficient (Wildman–Crippen LogP) is 5.52. The SMILES string of the molecule is Clc1ccc(CC(Cl)c2ccccc2)c(Cl)c1. The molecule has 0 saturated heterocycles.